The number of alkyl halides is 6. The first-order chi connectivity index (χ1) is 29.7. The van der Waals surface area contributed by atoms with Crippen molar-refractivity contribution in [3.63, 3.8) is 0 Å². The van der Waals surface area contributed by atoms with E-state index in [2.05, 4.69) is 40.3 Å². The molecule has 4 aromatic carbocycles. The lowest BCUT2D eigenvalue weighted by atomic mass is 9.80. The fourth-order valence-corrected chi connectivity index (χ4v) is 8.45. The van der Waals surface area contributed by atoms with Crippen LogP contribution < -0.4 is 20.6 Å². The number of nitrogen functional groups attached to an aromatic ring is 1. The van der Waals surface area contributed by atoms with Gasteiger partial charge in [-0.25, -0.2) is 26.3 Å². The van der Waals surface area contributed by atoms with Crippen molar-refractivity contribution in [3.05, 3.63) is 107 Å². The van der Waals surface area contributed by atoms with Crippen LogP contribution in [-0.2, 0) is 52.9 Å². The molecule has 2 aromatic heterocycles. The highest BCUT2D eigenvalue weighted by molar-refractivity contribution is 7.89. The minimum atomic E-state index is -4.41. The third-order valence-corrected chi connectivity index (χ3v) is 11.8. The SMILES string of the molecule is Cn1nnc(-c2cc(S(=O)(=O)NC(C)(C)C)ccc2Cc2ccc(C(F)(F)F)cc2)n1.Cn1nnc(-c2cc(S(=O)(=O)NC(C)(C)C)ccc2N)n1.OB(O)c1ccc(C(F)(F)F)cc1. The minimum Gasteiger partial charge on any atom is -0.423 e. The van der Waals surface area contributed by atoms with Gasteiger partial charge in [0.2, 0.25) is 31.7 Å². The van der Waals surface area contributed by atoms with E-state index in [9.17, 15) is 43.2 Å². The van der Waals surface area contributed by atoms with Gasteiger partial charge in [-0.1, -0.05) is 42.5 Å². The molecule has 6 N–H and O–H groups in total. The monoisotopic (exact) mass is 953 g/mol. The van der Waals surface area contributed by atoms with Gasteiger partial charge in [0.25, 0.3) is 0 Å². The number of hydrogen-bond donors (Lipinski definition) is 5. The number of sulfonamides is 2. The van der Waals surface area contributed by atoms with Crippen LogP contribution in [0.5, 0.6) is 0 Å². The normalized spacial score (nSPS) is 12.5. The summed E-state index contributed by atoms with van der Waals surface area (Å²) in [5.74, 6) is 0.500. The summed E-state index contributed by atoms with van der Waals surface area (Å²) >= 11 is 0. The van der Waals surface area contributed by atoms with Crippen LogP contribution >= 0.6 is 0 Å². The second-order valence-electron chi connectivity index (χ2n) is 16.3. The van der Waals surface area contributed by atoms with Crippen LogP contribution in [0.3, 0.4) is 0 Å². The third kappa shape index (κ3) is 15.1. The van der Waals surface area contributed by atoms with E-state index in [1.807, 2.05) is 0 Å². The molecule has 0 unspecified atom stereocenters. The van der Waals surface area contributed by atoms with Crippen LogP contribution in [0.15, 0.2) is 94.7 Å². The van der Waals surface area contributed by atoms with Crippen molar-refractivity contribution >= 4 is 38.3 Å². The van der Waals surface area contributed by atoms with Gasteiger partial charge in [0.05, 0.1) is 35.0 Å². The molecular formula is C39H46BF6N11O6S2. The fraction of sp³-hybridized carbons (Fsp3) is 0.333. The Morgan fingerprint density at radius 2 is 1.02 bits per heavy atom. The van der Waals surface area contributed by atoms with E-state index in [0.29, 0.717) is 27.9 Å². The number of aromatic nitrogens is 8. The van der Waals surface area contributed by atoms with Crippen LogP contribution in [0.2, 0.25) is 0 Å². The number of nitrogens with zero attached hydrogens (tertiary/aromatic N) is 8. The second kappa shape index (κ2) is 19.7. The van der Waals surface area contributed by atoms with Crippen LogP contribution in [0.4, 0.5) is 32.0 Å². The van der Waals surface area contributed by atoms with Gasteiger partial charge in [-0.2, -0.15) is 35.9 Å². The van der Waals surface area contributed by atoms with Crippen molar-refractivity contribution in [2.24, 2.45) is 14.1 Å². The summed E-state index contributed by atoms with van der Waals surface area (Å²) in [5.41, 5.74) is 5.64. The first kappa shape index (κ1) is 51.8. The summed E-state index contributed by atoms with van der Waals surface area (Å²) in [4.78, 5) is 2.66. The van der Waals surface area contributed by atoms with Crippen LogP contribution in [0.1, 0.15) is 63.8 Å². The minimum absolute atomic E-state index is 0.0287. The Morgan fingerprint density at radius 3 is 1.40 bits per heavy atom. The van der Waals surface area contributed by atoms with Crippen molar-refractivity contribution in [2.45, 2.75) is 81.2 Å². The average molecular weight is 954 g/mol. The number of anilines is 1. The Hall–Kier alpha value is -5.80. The topological polar surface area (TPSA) is 246 Å². The molecule has 0 bridgehead atoms. The molecule has 0 aliphatic carbocycles. The molecule has 350 valence electrons. The van der Waals surface area contributed by atoms with Gasteiger partial charge >= 0.3 is 19.5 Å². The average Bonchev–Trinajstić information content (AvgIpc) is 3.81. The molecule has 0 aliphatic rings. The summed E-state index contributed by atoms with van der Waals surface area (Å²) in [6.07, 6.45) is -8.54. The number of aryl methyl sites for hydroxylation is 2. The molecular weight excluding hydrogens is 907 g/mol. The van der Waals surface area contributed by atoms with E-state index in [4.69, 9.17) is 15.8 Å². The van der Waals surface area contributed by atoms with Gasteiger partial charge in [-0.3, -0.25) is 0 Å². The van der Waals surface area contributed by atoms with E-state index in [-0.39, 0.29) is 33.3 Å². The zero-order valence-corrected chi connectivity index (χ0v) is 37.8. The molecule has 0 atom stereocenters. The van der Waals surface area contributed by atoms with E-state index in [0.717, 1.165) is 36.4 Å². The number of tetrazole rings is 2. The Kier molecular flexibility index (Phi) is 15.7. The molecule has 26 heteroatoms. The summed E-state index contributed by atoms with van der Waals surface area (Å²) in [5, 5.41) is 40.7. The standard InChI is InChI=1S/C20H22F3N5O2S.C12H18N6O2S.C7H6BF3O2/c1-19(2,3)26-31(29,30)16-10-7-14(17(12-16)18-24-27-28(4)25-18)11-13-5-8-15(9-6-13)20(21,22)23;1-12(2,3)16-21(19,20)8-5-6-10(13)9(7-8)11-14-17-18(4)15-11;9-7(10,11)5-1-3-6(4-2-5)8(12)13/h5-10,12,26H,11H2,1-4H3;5-7,16H,13H2,1-4H3;1-4,12-13H. The number of benzene rings is 4. The highest BCUT2D eigenvalue weighted by atomic mass is 32.2. The largest absolute Gasteiger partial charge is 0.488 e. The lowest BCUT2D eigenvalue weighted by molar-refractivity contribution is -0.138. The fourth-order valence-electron chi connectivity index (χ4n) is 5.56. The molecule has 0 amide bonds. The van der Waals surface area contributed by atoms with Crippen LogP contribution in [-0.4, -0.2) is 85.5 Å². The first-order valence-corrected chi connectivity index (χ1v) is 22.0. The highest BCUT2D eigenvalue weighted by Gasteiger charge is 2.31. The lowest BCUT2D eigenvalue weighted by Crippen LogP contribution is -2.40. The second-order valence-corrected chi connectivity index (χ2v) is 19.7. The summed E-state index contributed by atoms with van der Waals surface area (Å²) in [7, 11) is -6.00. The molecule has 2 heterocycles. The Balaban J connectivity index is 0.000000234. The van der Waals surface area contributed by atoms with E-state index >= 15 is 0 Å². The van der Waals surface area contributed by atoms with Crippen molar-refractivity contribution in [2.75, 3.05) is 5.73 Å². The number of rotatable bonds is 9. The van der Waals surface area contributed by atoms with Gasteiger partial charge in [0.1, 0.15) is 0 Å². The zero-order valence-electron chi connectivity index (χ0n) is 36.1. The molecule has 0 spiro atoms. The smallest absolute Gasteiger partial charge is 0.423 e. The Bertz CT molecular complexity index is 2790. The lowest BCUT2D eigenvalue weighted by Gasteiger charge is -2.21. The van der Waals surface area contributed by atoms with Gasteiger partial charge in [0, 0.05) is 27.9 Å². The number of hydrogen-bond acceptors (Lipinski definition) is 13. The summed E-state index contributed by atoms with van der Waals surface area (Å²) < 4.78 is 130. The molecule has 0 saturated heterocycles. The molecule has 6 rings (SSSR count). The predicted molar refractivity (Wildman–Crippen MR) is 229 cm³/mol. The maximum Gasteiger partial charge on any atom is 0.488 e. The number of halogens is 6. The van der Waals surface area contributed by atoms with Crippen LogP contribution in [0.25, 0.3) is 22.8 Å². The molecule has 6 aromatic rings. The maximum atomic E-state index is 12.8. The van der Waals surface area contributed by atoms with Gasteiger partial charge in [-0.15, -0.1) is 20.4 Å². The van der Waals surface area contributed by atoms with Crippen molar-refractivity contribution < 1.29 is 53.2 Å². The molecule has 0 saturated carbocycles. The molecule has 65 heavy (non-hydrogen) atoms. The molecule has 0 fully saturated rings. The van der Waals surface area contributed by atoms with Crippen molar-refractivity contribution in [3.8, 4) is 22.8 Å². The van der Waals surface area contributed by atoms with E-state index in [1.54, 1.807) is 61.7 Å². The quantitative estimate of drug-likeness (QED) is 0.0763. The highest BCUT2D eigenvalue weighted by Crippen LogP contribution is 2.32. The molecule has 0 radical (unpaired) electrons. The van der Waals surface area contributed by atoms with Gasteiger partial charge in [-0.05, 0) is 117 Å². The maximum absolute atomic E-state index is 12.8. The Labute approximate surface area is 371 Å². The summed E-state index contributed by atoms with van der Waals surface area (Å²) in [6.45, 7) is 10.5. The predicted octanol–water partition coefficient (Wildman–Crippen LogP) is 4.48. The van der Waals surface area contributed by atoms with E-state index < -0.39 is 61.7 Å². The Morgan fingerprint density at radius 1 is 0.615 bits per heavy atom. The first-order valence-electron chi connectivity index (χ1n) is 19.0. The number of nitrogens with two attached hydrogens (primary N) is 1. The third-order valence-electron chi connectivity index (χ3n) is 8.32. The number of nitrogens with one attached hydrogen (secondary N) is 2. The van der Waals surface area contributed by atoms with Crippen LogP contribution in [0, 0.1) is 0 Å². The van der Waals surface area contributed by atoms with Crippen molar-refractivity contribution in [1.29, 1.82) is 0 Å². The van der Waals surface area contributed by atoms with Gasteiger partial charge < -0.3 is 15.8 Å². The summed E-state index contributed by atoms with van der Waals surface area (Å²) in [6, 6.07) is 17.4. The zero-order chi connectivity index (χ0) is 48.9. The molecule has 0 aliphatic heterocycles. The molecule has 17 nitrogen and oxygen atoms in total. The van der Waals surface area contributed by atoms with Crippen molar-refractivity contribution in [1.82, 2.24) is 49.9 Å². The van der Waals surface area contributed by atoms with E-state index in [1.165, 1.54) is 52.1 Å². The van der Waals surface area contributed by atoms with Gasteiger partial charge in [0.15, 0.2) is 0 Å².